The molecule has 0 spiro atoms. The molecule has 1 aromatic heterocycles. The average Bonchev–Trinajstić information content (AvgIpc) is 3.29. The first kappa shape index (κ1) is 20.2. The van der Waals surface area contributed by atoms with Gasteiger partial charge in [-0.3, -0.25) is 4.79 Å². The Kier molecular flexibility index (Phi) is 5.45. The molecule has 1 saturated heterocycles. The van der Waals surface area contributed by atoms with E-state index in [4.69, 9.17) is 0 Å². The van der Waals surface area contributed by atoms with Crippen LogP contribution in [0, 0.1) is 11.8 Å². The van der Waals surface area contributed by atoms with Crippen LogP contribution in [0.3, 0.4) is 0 Å². The first-order chi connectivity index (χ1) is 14.5. The summed E-state index contributed by atoms with van der Waals surface area (Å²) in [6.45, 7) is 2.50. The highest BCUT2D eigenvalue weighted by atomic mass is 32.2. The minimum absolute atomic E-state index is 0.0132. The molecule has 3 heterocycles. The van der Waals surface area contributed by atoms with E-state index in [-0.39, 0.29) is 10.1 Å². The third-order valence-corrected chi connectivity index (χ3v) is 10.4. The molecule has 2 fully saturated rings. The Balaban J connectivity index is 1.31. The SMILES string of the molecule is O=C(c1csc(S(=O)(=O)N2CCc3ccccc3C2)c1)N1CC[C@H]2CCCC[C@H]2C1. The fourth-order valence-electron chi connectivity index (χ4n) is 5.33. The average molecular weight is 445 g/mol. The highest BCUT2D eigenvalue weighted by molar-refractivity contribution is 7.91. The van der Waals surface area contributed by atoms with Crippen LogP contribution in [0.5, 0.6) is 0 Å². The number of rotatable bonds is 3. The second kappa shape index (κ2) is 8.09. The molecule has 0 unspecified atom stereocenters. The number of nitrogens with zero attached hydrogens (tertiary/aromatic N) is 2. The summed E-state index contributed by atoms with van der Waals surface area (Å²) >= 11 is 1.17. The Hall–Kier alpha value is -1.70. The second-order valence-corrected chi connectivity index (χ2v) is 11.9. The lowest BCUT2D eigenvalue weighted by atomic mass is 9.75. The van der Waals surface area contributed by atoms with Crippen molar-refractivity contribution >= 4 is 27.3 Å². The molecule has 7 heteroatoms. The van der Waals surface area contributed by atoms with Crippen LogP contribution in [0.1, 0.15) is 53.6 Å². The van der Waals surface area contributed by atoms with Crippen LogP contribution in [0.15, 0.2) is 39.9 Å². The third-order valence-electron chi connectivity index (χ3n) is 7.09. The lowest BCUT2D eigenvalue weighted by molar-refractivity contribution is 0.0521. The number of hydrogen-bond donors (Lipinski definition) is 0. The summed E-state index contributed by atoms with van der Waals surface area (Å²) in [5.41, 5.74) is 2.80. The Morgan fingerprint density at radius 1 is 1.00 bits per heavy atom. The van der Waals surface area contributed by atoms with E-state index >= 15 is 0 Å². The van der Waals surface area contributed by atoms with Crippen molar-refractivity contribution in [3.05, 3.63) is 52.4 Å². The van der Waals surface area contributed by atoms with Gasteiger partial charge in [-0.05, 0) is 48.3 Å². The zero-order valence-corrected chi connectivity index (χ0v) is 18.8. The molecule has 160 valence electrons. The lowest BCUT2D eigenvalue weighted by Crippen LogP contribution is -2.44. The molecule has 5 nitrogen and oxygen atoms in total. The molecule has 2 atom stereocenters. The maximum absolute atomic E-state index is 13.2. The quantitative estimate of drug-likeness (QED) is 0.715. The number of fused-ring (bicyclic) bond motifs is 2. The van der Waals surface area contributed by atoms with Gasteiger partial charge in [-0.15, -0.1) is 11.3 Å². The zero-order valence-electron chi connectivity index (χ0n) is 17.1. The molecular formula is C23H28N2O3S2. The van der Waals surface area contributed by atoms with E-state index in [1.807, 2.05) is 23.1 Å². The number of carbonyl (C=O) groups excluding carboxylic acids is 1. The number of carbonyl (C=O) groups is 1. The Morgan fingerprint density at radius 2 is 1.77 bits per heavy atom. The van der Waals surface area contributed by atoms with Crippen molar-refractivity contribution in [2.24, 2.45) is 11.8 Å². The molecule has 0 bridgehead atoms. The minimum atomic E-state index is -3.59. The van der Waals surface area contributed by atoms with Gasteiger partial charge in [0.2, 0.25) is 0 Å². The van der Waals surface area contributed by atoms with Crippen molar-refractivity contribution in [3.8, 4) is 0 Å². The fourth-order valence-corrected chi connectivity index (χ4v) is 8.06. The Morgan fingerprint density at radius 3 is 2.60 bits per heavy atom. The van der Waals surface area contributed by atoms with E-state index in [9.17, 15) is 13.2 Å². The maximum atomic E-state index is 13.2. The summed E-state index contributed by atoms with van der Waals surface area (Å²) in [6.07, 6.45) is 6.91. The van der Waals surface area contributed by atoms with Crippen LogP contribution in [-0.4, -0.2) is 43.2 Å². The summed E-state index contributed by atoms with van der Waals surface area (Å²) < 4.78 is 28.2. The van der Waals surface area contributed by atoms with E-state index in [1.54, 1.807) is 15.8 Å². The van der Waals surface area contributed by atoms with Crippen LogP contribution in [0.4, 0.5) is 0 Å². The van der Waals surface area contributed by atoms with Crippen molar-refractivity contribution in [1.29, 1.82) is 0 Å². The number of sulfonamides is 1. The van der Waals surface area contributed by atoms with Gasteiger partial charge in [0.25, 0.3) is 15.9 Å². The number of thiophene rings is 1. The van der Waals surface area contributed by atoms with Crippen LogP contribution < -0.4 is 0 Å². The molecule has 0 N–H and O–H groups in total. The largest absolute Gasteiger partial charge is 0.338 e. The standard InChI is InChI=1S/C23H28N2O3S2/c26-23(24-11-9-17-5-1-3-7-19(17)14-24)21-13-22(29-16-21)30(27,28)25-12-10-18-6-2-4-8-20(18)15-25/h2,4,6,8,13,16-17,19H,1,3,5,7,9-12,14-15H2/t17-,19+/m1/s1. The molecule has 1 amide bonds. The monoisotopic (exact) mass is 444 g/mol. The topological polar surface area (TPSA) is 57.7 Å². The Bertz CT molecular complexity index is 1050. The van der Waals surface area contributed by atoms with Gasteiger partial charge in [0.15, 0.2) is 0 Å². The molecular weight excluding hydrogens is 416 g/mol. The van der Waals surface area contributed by atoms with Gasteiger partial charge < -0.3 is 4.90 Å². The van der Waals surface area contributed by atoms with Crippen molar-refractivity contribution in [1.82, 2.24) is 9.21 Å². The van der Waals surface area contributed by atoms with Crippen molar-refractivity contribution in [2.75, 3.05) is 19.6 Å². The molecule has 2 aromatic rings. The molecule has 3 aliphatic rings. The van der Waals surface area contributed by atoms with Crippen molar-refractivity contribution < 1.29 is 13.2 Å². The van der Waals surface area contributed by atoms with Gasteiger partial charge in [0, 0.05) is 31.6 Å². The van der Waals surface area contributed by atoms with E-state index in [0.717, 1.165) is 37.4 Å². The summed E-state index contributed by atoms with van der Waals surface area (Å²) in [5.74, 6) is 1.37. The normalized spacial score (nSPS) is 24.9. The van der Waals surface area contributed by atoms with E-state index < -0.39 is 10.0 Å². The molecule has 1 saturated carbocycles. The van der Waals surface area contributed by atoms with Gasteiger partial charge >= 0.3 is 0 Å². The predicted octanol–water partition coefficient (Wildman–Crippen LogP) is 4.15. The Labute approximate surface area is 182 Å². The number of likely N-dealkylation sites (tertiary alicyclic amines) is 1. The van der Waals surface area contributed by atoms with E-state index in [0.29, 0.717) is 24.6 Å². The van der Waals surface area contributed by atoms with Gasteiger partial charge in [0.05, 0.1) is 5.56 Å². The smallest absolute Gasteiger partial charge is 0.254 e. The van der Waals surface area contributed by atoms with E-state index in [2.05, 4.69) is 6.07 Å². The molecule has 1 aliphatic carbocycles. The van der Waals surface area contributed by atoms with E-state index in [1.165, 1.54) is 42.6 Å². The third kappa shape index (κ3) is 3.72. The summed E-state index contributed by atoms with van der Waals surface area (Å²) in [6, 6.07) is 9.60. The number of hydrogen-bond acceptors (Lipinski definition) is 4. The molecule has 5 rings (SSSR count). The maximum Gasteiger partial charge on any atom is 0.254 e. The second-order valence-electron chi connectivity index (χ2n) is 8.86. The lowest BCUT2D eigenvalue weighted by Gasteiger charge is -2.41. The predicted molar refractivity (Wildman–Crippen MR) is 118 cm³/mol. The molecule has 1 aromatic carbocycles. The molecule has 0 radical (unpaired) electrons. The van der Waals surface area contributed by atoms with Gasteiger partial charge in [-0.2, -0.15) is 4.31 Å². The molecule has 2 aliphatic heterocycles. The highest BCUT2D eigenvalue weighted by Gasteiger charge is 2.34. The number of amides is 1. The van der Waals surface area contributed by atoms with Crippen LogP contribution >= 0.6 is 11.3 Å². The highest BCUT2D eigenvalue weighted by Crippen LogP contribution is 2.37. The summed E-state index contributed by atoms with van der Waals surface area (Å²) in [5, 5.41) is 1.72. The summed E-state index contributed by atoms with van der Waals surface area (Å²) in [7, 11) is -3.59. The zero-order chi connectivity index (χ0) is 20.7. The van der Waals surface area contributed by atoms with Crippen LogP contribution in [-0.2, 0) is 23.0 Å². The van der Waals surface area contributed by atoms with Crippen molar-refractivity contribution in [2.45, 2.75) is 49.3 Å². The number of benzene rings is 1. The first-order valence-corrected chi connectivity index (χ1v) is 13.3. The van der Waals surface area contributed by atoms with Gasteiger partial charge in [-0.25, -0.2) is 8.42 Å². The number of piperidine rings is 1. The minimum Gasteiger partial charge on any atom is -0.338 e. The van der Waals surface area contributed by atoms with Gasteiger partial charge in [0.1, 0.15) is 4.21 Å². The van der Waals surface area contributed by atoms with Crippen molar-refractivity contribution in [3.63, 3.8) is 0 Å². The first-order valence-electron chi connectivity index (χ1n) is 11.0. The summed E-state index contributed by atoms with van der Waals surface area (Å²) in [4.78, 5) is 15.0. The van der Waals surface area contributed by atoms with Crippen LogP contribution in [0.2, 0.25) is 0 Å². The fraction of sp³-hybridized carbons (Fsp3) is 0.522. The van der Waals surface area contributed by atoms with Crippen LogP contribution in [0.25, 0.3) is 0 Å². The molecule has 30 heavy (non-hydrogen) atoms. The van der Waals surface area contributed by atoms with Gasteiger partial charge in [-0.1, -0.05) is 43.5 Å².